The maximum absolute atomic E-state index is 12.1. The maximum atomic E-state index is 12.1. The van der Waals surface area contributed by atoms with Crippen LogP contribution in [0.4, 0.5) is 5.69 Å². The number of carbonyl (C=O) groups is 2. The summed E-state index contributed by atoms with van der Waals surface area (Å²) in [5, 5.41) is 14.6. The fourth-order valence-corrected chi connectivity index (χ4v) is 2.34. The van der Waals surface area contributed by atoms with Gasteiger partial charge in [0, 0.05) is 22.3 Å². The highest BCUT2D eigenvalue weighted by atomic mass is 79.9. The Hall–Kier alpha value is -2.18. The topological polar surface area (TPSA) is 78.4 Å². The Morgan fingerprint density at radius 2 is 1.88 bits per heavy atom. The van der Waals surface area contributed by atoms with E-state index in [4.69, 9.17) is 0 Å². The summed E-state index contributed by atoms with van der Waals surface area (Å²) >= 11 is 3.35. The fraction of sp³-hybridized carbons (Fsp3) is 0.222. The summed E-state index contributed by atoms with van der Waals surface area (Å²) < 4.78 is 0.961. The second kappa shape index (κ2) is 8.61. The number of amides is 2. The molecule has 0 aliphatic rings. The SMILES string of the molecule is C[C@@H](O)CNC(=O)c1cccc(NC(=O)Cc2ccc(Br)cc2)c1. The molecule has 0 heterocycles. The van der Waals surface area contributed by atoms with Gasteiger partial charge in [0.25, 0.3) is 5.91 Å². The third-order valence-electron chi connectivity index (χ3n) is 3.24. The number of rotatable bonds is 6. The minimum Gasteiger partial charge on any atom is -0.392 e. The minimum atomic E-state index is -0.609. The quantitative estimate of drug-likeness (QED) is 0.709. The highest BCUT2D eigenvalue weighted by molar-refractivity contribution is 9.10. The molecule has 0 saturated carbocycles. The van der Waals surface area contributed by atoms with Gasteiger partial charge in [0.05, 0.1) is 12.5 Å². The van der Waals surface area contributed by atoms with Gasteiger partial charge in [-0.25, -0.2) is 0 Å². The maximum Gasteiger partial charge on any atom is 0.251 e. The molecule has 1 atom stereocenters. The van der Waals surface area contributed by atoms with Gasteiger partial charge in [-0.2, -0.15) is 0 Å². The summed E-state index contributed by atoms with van der Waals surface area (Å²) in [7, 11) is 0. The number of carbonyl (C=O) groups excluding carboxylic acids is 2. The first-order chi connectivity index (χ1) is 11.4. The number of nitrogens with one attached hydrogen (secondary N) is 2. The predicted octanol–water partition coefficient (Wildman–Crippen LogP) is 2.74. The monoisotopic (exact) mass is 390 g/mol. The largest absolute Gasteiger partial charge is 0.392 e. The van der Waals surface area contributed by atoms with Gasteiger partial charge in [0.2, 0.25) is 5.91 Å². The van der Waals surface area contributed by atoms with Crippen molar-refractivity contribution in [2.75, 3.05) is 11.9 Å². The lowest BCUT2D eigenvalue weighted by molar-refractivity contribution is -0.115. The molecule has 0 bridgehead atoms. The molecule has 0 aliphatic carbocycles. The molecule has 0 saturated heterocycles. The van der Waals surface area contributed by atoms with Crippen LogP contribution in [0.1, 0.15) is 22.8 Å². The third kappa shape index (κ3) is 5.79. The van der Waals surface area contributed by atoms with E-state index in [9.17, 15) is 14.7 Å². The Kier molecular flexibility index (Phi) is 6.52. The summed E-state index contributed by atoms with van der Waals surface area (Å²) in [5.41, 5.74) is 1.89. The van der Waals surface area contributed by atoms with Crippen molar-refractivity contribution in [3.63, 3.8) is 0 Å². The summed E-state index contributed by atoms with van der Waals surface area (Å²) in [5.74, 6) is -0.446. The normalized spacial score (nSPS) is 11.6. The molecule has 0 radical (unpaired) electrons. The molecule has 5 nitrogen and oxygen atoms in total. The van der Waals surface area contributed by atoms with E-state index in [2.05, 4.69) is 26.6 Å². The van der Waals surface area contributed by atoms with Crippen molar-refractivity contribution in [2.24, 2.45) is 0 Å². The van der Waals surface area contributed by atoms with Crippen molar-refractivity contribution in [3.05, 3.63) is 64.1 Å². The van der Waals surface area contributed by atoms with E-state index >= 15 is 0 Å². The van der Waals surface area contributed by atoms with Gasteiger partial charge < -0.3 is 15.7 Å². The smallest absolute Gasteiger partial charge is 0.251 e. The van der Waals surface area contributed by atoms with Crippen LogP contribution in [0.3, 0.4) is 0 Å². The zero-order valence-corrected chi connectivity index (χ0v) is 14.8. The summed E-state index contributed by atoms with van der Waals surface area (Å²) in [4.78, 5) is 24.1. The van der Waals surface area contributed by atoms with Gasteiger partial charge in [0.1, 0.15) is 0 Å². The van der Waals surface area contributed by atoms with Crippen LogP contribution in [0.15, 0.2) is 53.0 Å². The molecule has 24 heavy (non-hydrogen) atoms. The number of hydrogen-bond donors (Lipinski definition) is 3. The molecule has 3 N–H and O–H groups in total. The van der Waals surface area contributed by atoms with Gasteiger partial charge >= 0.3 is 0 Å². The molecule has 2 rings (SSSR count). The molecule has 2 aromatic carbocycles. The Balaban J connectivity index is 1.97. The first kappa shape index (κ1) is 18.2. The molecule has 126 valence electrons. The molecular formula is C18H19BrN2O3. The lowest BCUT2D eigenvalue weighted by Crippen LogP contribution is -2.30. The summed E-state index contributed by atoms with van der Waals surface area (Å²) in [6.45, 7) is 1.78. The molecule has 0 fully saturated rings. The van der Waals surface area contributed by atoms with Crippen LogP contribution in [0.2, 0.25) is 0 Å². The molecule has 0 spiro atoms. The lowest BCUT2D eigenvalue weighted by Gasteiger charge is -2.09. The van der Waals surface area contributed by atoms with Gasteiger partial charge in [-0.05, 0) is 42.8 Å². The second-order valence-corrected chi connectivity index (χ2v) is 6.41. The third-order valence-corrected chi connectivity index (χ3v) is 3.77. The summed E-state index contributed by atoms with van der Waals surface area (Å²) in [6.07, 6.45) is -0.353. The van der Waals surface area contributed by atoms with E-state index in [-0.39, 0.29) is 24.8 Å². The van der Waals surface area contributed by atoms with Crippen LogP contribution < -0.4 is 10.6 Å². The standard InChI is InChI=1S/C18H19BrN2O3/c1-12(22)11-20-18(24)14-3-2-4-16(10-14)21-17(23)9-13-5-7-15(19)8-6-13/h2-8,10,12,22H,9,11H2,1H3,(H,20,24)(H,21,23)/t12-/m1/s1. The molecule has 0 unspecified atom stereocenters. The van der Waals surface area contributed by atoms with Gasteiger partial charge in [0.15, 0.2) is 0 Å². The summed E-state index contributed by atoms with van der Waals surface area (Å²) in [6, 6.07) is 14.2. The Morgan fingerprint density at radius 1 is 1.17 bits per heavy atom. The highest BCUT2D eigenvalue weighted by Crippen LogP contribution is 2.13. The van der Waals surface area contributed by atoms with Gasteiger partial charge in [-0.3, -0.25) is 9.59 Å². The van der Waals surface area contributed by atoms with E-state index in [1.807, 2.05) is 24.3 Å². The first-order valence-corrected chi connectivity index (χ1v) is 8.34. The van der Waals surface area contributed by atoms with Crippen molar-refractivity contribution < 1.29 is 14.7 Å². The Bertz CT molecular complexity index is 714. The Morgan fingerprint density at radius 3 is 2.54 bits per heavy atom. The number of benzene rings is 2. The molecular weight excluding hydrogens is 372 g/mol. The van der Waals surface area contributed by atoms with Crippen LogP contribution in [-0.4, -0.2) is 29.6 Å². The van der Waals surface area contributed by atoms with Crippen molar-refractivity contribution in [1.29, 1.82) is 0 Å². The average molecular weight is 391 g/mol. The van der Waals surface area contributed by atoms with E-state index < -0.39 is 6.10 Å². The van der Waals surface area contributed by atoms with E-state index in [0.717, 1.165) is 10.0 Å². The number of aliphatic hydroxyl groups is 1. The minimum absolute atomic E-state index is 0.154. The Labute approximate surface area is 149 Å². The van der Waals surface area contributed by atoms with Crippen LogP contribution in [0, 0.1) is 0 Å². The van der Waals surface area contributed by atoms with Gasteiger partial charge in [-0.1, -0.05) is 34.1 Å². The molecule has 0 aromatic heterocycles. The highest BCUT2D eigenvalue weighted by Gasteiger charge is 2.09. The van der Waals surface area contributed by atoms with Crippen LogP contribution in [-0.2, 0) is 11.2 Å². The first-order valence-electron chi connectivity index (χ1n) is 7.54. The number of halogens is 1. The van der Waals surface area contributed by atoms with Crippen LogP contribution in [0.5, 0.6) is 0 Å². The zero-order valence-electron chi connectivity index (χ0n) is 13.3. The lowest BCUT2D eigenvalue weighted by atomic mass is 10.1. The van der Waals surface area contributed by atoms with Crippen molar-refractivity contribution in [2.45, 2.75) is 19.4 Å². The molecule has 2 amide bonds. The zero-order chi connectivity index (χ0) is 17.5. The second-order valence-electron chi connectivity index (χ2n) is 5.49. The average Bonchev–Trinajstić information content (AvgIpc) is 2.55. The molecule has 6 heteroatoms. The predicted molar refractivity (Wildman–Crippen MR) is 96.9 cm³/mol. The number of hydrogen-bond acceptors (Lipinski definition) is 3. The number of aliphatic hydroxyl groups excluding tert-OH is 1. The van der Waals surface area contributed by atoms with Crippen molar-refractivity contribution in [1.82, 2.24) is 5.32 Å². The van der Waals surface area contributed by atoms with Crippen molar-refractivity contribution >= 4 is 33.4 Å². The van der Waals surface area contributed by atoms with Crippen LogP contribution >= 0.6 is 15.9 Å². The fourth-order valence-electron chi connectivity index (χ4n) is 2.07. The van der Waals surface area contributed by atoms with E-state index in [1.54, 1.807) is 31.2 Å². The van der Waals surface area contributed by atoms with E-state index in [1.165, 1.54) is 0 Å². The number of anilines is 1. The van der Waals surface area contributed by atoms with Gasteiger partial charge in [-0.15, -0.1) is 0 Å². The molecule has 0 aliphatic heterocycles. The van der Waals surface area contributed by atoms with E-state index in [0.29, 0.717) is 11.3 Å². The van der Waals surface area contributed by atoms with Crippen LogP contribution in [0.25, 0.3) is 0 Å². The molecule has 2 aromatic rings. The van der Waals surface area contributed by atoms with Crippen molar-refractivity contribution in [3.8, 4) is 0 Å².